The number of amides is 1. The van der Waals surface area contributed by atoms with E-state index in [1.165, 1.54) is 41.1 Å². The summed E-state index contributed by atoms with van der Waals surface area (Å²) >= 11 is 18.4. The van der Waals surface area contributed by atoms with Crippen molar-refractivity contribution in [2.24, 2.45) is 0 Å². The molecule has 1 saturated heterocycles. The number of alkyl halides is 3. The third kappa shape index (κ3) is 9.35. The molecule has 1 aromatic heterocycles. The molecule has 2 heterocycles. The summed E-state index contributed by atoms with van der Waals surface area (Å²) in [5.41, 5.74) is 2.36. The molecule has 10 nitrogen and oxygen atoms in total. The average molecular weight is 726 g/mol. The number of hydrogen-bond donors (Lipinski definition) is 1. The van der Waals surface area contributed by atoms with Gasteiger partial charge < -0.3 is 14.4 Å². The molecular formula is C29H30Cl3F3N4O6S. The Balaban J connectivity index is 0.000000617. The lowest BCUT2D eigenvalue weighted by molar-refractivity contribution is -0.192. The summed E-state index contributed by atoms with van der Waals surface area (Å²) in [4.78, 5) is 30.0. The van der Waals surface area contributed by atoms with Gasteiger partial charge in [-0.15, -0.1) is 0 Å². The molecule has 46 heavy (non-hydrogen) atoms. The van der Waals surface area contributed by atoms with Crippen LogP contribution in [0.5, 0.6) is 0 Å². The van der Waals surface area contributed by atoms with Crippen molar-refractivity contribution in [1.82, 2.24) is 19.1 Å². The molecule has 250 valence electrons. The van der Waals surface area contributed by atoms with Crippen LogP contribution in [-0.4, -0.2) is 76.8 Å². The number of carbonyl (C=O) groups excluding carboxylic acids is 1. The number of carboxylic acids is 1. The summed E-state index contributed by atoms with van der Waals surface area (Å²) in [6, 6.07) is 10.7. The van der Waals surface area contributed by atoms with Crippen LogP contribution in [0, 0.1) is 0 Å². The first-order valence-electron chi connectivity index (χ1n) is 14.0. The molecule has 1 saturated carbocycles. The molecule has 1 amide bonds. The van der Waals surface area contributed by atoms with Gasteiger partial charge in [-0.25, -0.2) is 18.2 Å². The van der Waals surface area contributed by atoms with Gasteiger partial charge in [0.15, 0.2) is 5.69 Å². The van der Waals surface area contributed by atoms with E-state index in [1.54, 1.807) is 11.9 Å². The third-order valence-electron chi connectivity index (χ3n) is 7.18. The summed E-state index contributed by atoms with van der Waals surface area (Å²) in [7, 11) is -2.39. The van der Waals surface area contributed by atoms with E-state index in [0.29, 0.717) is 19.4 Å². The number of rotatable bonds is 10. The topological polar surface area (TPSA) is 124 Å². The van der Waals surface area contributed by atoms with Crippen LogP contribution in [0.1, 0.15) is 53.2 Å². The summed E-state index contributed by atoms with van der Waals surface area (Å²) in [5, 5.41) is 7.24. The predicted molar refractivity (Wildman–Crippen MR) is 164 cm³/mol. The van der Waals surface area contributed by atoms with Gasteiger partial charge in [-0.3, -0.25) is 9.69 Å². The highest BCUT2D eigenvalue weighted by molar-refractivity contribution is 7.89. The third-order valence-corrected chi connectivity index (χ3v) is 10.2. The number of sulfonamides is 1. The molecule has 2 fully saturated rings. The van der Waals surface area contributed by atoms with Gasteiger partial charge in [0, 0.05) is 31.2 Å². The van der Waals surface area contributed by atoms with Crippen LogP contribution in [0.25, 0.3) is 0 Å². The molecule has 0 spiro atoms. The SMILES string of the molecule is CN(Cc1ccc(CN2CCCC2)cc1)C(=O)c1coc(CN(C2CC2)S(=O)(=O)c2c(Cl)cc(Cl)cc2Cl)n1.O=C(O)C(F)(F)F. The number of aromatic nitrogens is 1. The van der Waals surface area contributed by atoms with Crippen molar-refractivity contribution >= 4 is 56.7 Å². The van der Waals surface area contributed by atoms with Crippen LogP contribution in [0.3, 0.4) is 0 Å². The fourth-order valence-corrected chi connectivity index (χ4v) is 7.90. The molecule has 1 N–H and O–H groups in total. The summed E-state index contributed by atoms with van der Waals surface area (Å²) in [6.45, 7) is 3.48. The Morgan fingerprint density at radius 1 is 1.02 bits per heavy atom. The van der Waals surface area contributed by atoms with Crippen molar-refractivity contribution in [3.63, 3.8) is 0 Å². The maximum Gasteiger partial charge on any atom is 0.490 e. The van der Waals surface area contributed by atoms with Gasteiger partial charge in [0.1, 0.15) is 11.2 Å². The van der Waals surface area contributed by atoms with Crippen molar-refractivity contribution in [3.05, 3.63) is 80.4 Å². The highest BCUT2D eigenvalue weighted by atomic mass is 35.5. The predicted octanol–water partition coefficient (Wildman–Crippen LogP) is 6.49. The first-order valence-corrected chi connectivity index (χ1v) is 16.6. The zero-order valence-corrected chi connectivity index (χ0v) is 27.5. The van der Waals surface area contributed by atoms with Crippen molar-refractivity contribution < 1.29 is 40.7 Å². The molecule has 0 bridgehead atoms. The molecule has 17 heteroatoms. The second-order valence-electron chi connectivity index (χ2n) is 10.9. The fourth-order valence-electron chi connectivity index (χ4n) is 4.77. The van der Waals surface area contributed by atoms with Gasteiger partial charge in [0.05, 0.1) is 16.6 Å². The molecule has 1 aliphatic heterocycles. The number of benzene rings is 2. The van der Waals surface area contributed by atoms with Gasteiger partial charge in [-0.1, -0.05) is 59.1 Å². The van der Waals surface area contributed by atoms with E-state index in [2.05, 4.69) is 22.0 Å². The zero-order chi connectivity index (χ0) is 33.8. The molecule has 0 atom stereocenters. The van der Waals surface area contributed by atoms with E-state index in [1.807, 2.05) is 12.1 Å². The number of carboxylic acid groups (broad SMARTS) is 1. The maximum absolute atomic E-state index is 13.5. The minimum atomic E-state index is -5.08. The Hall–Kier alpha value is -2.88. The molecule has 5 rings (SSSR count). The molecule has 2 aromatic carbocycles. The molecule has 0 unspecified atom stereocenters. The summed E-state index contributed by atoms with van der Waals surface area (Å²) in [5.74, 6) is -2.97. The van der Waals surface area contributed by atoms with E-state index in [-0.39, 0.29) is 50.0 Å². The second kappa shape index (κ2) is 14.9. The molecule has 2 aliphatic rings. The maximum atomic E-state index is 13.5. The normalized spacial score (nSPS) is 15.5. The lowest BCUT2D eigenvalue weighted by Gasteiger charge is -2.22. The van der Waals surface area contributed by atoms with Gasteiger partial charge in [-0.2, -0.15) is 17.5 Å². The first kappa shape index (κ1) is 36.0. The van der Waals surface area contributed by atoms with Crippen LogP contribution < -0.4 is 0 Å². The van der Waals surface area contributed by atoms with E-state index in [9.17, 15) is 26.4 Å². The van der Waals surface area contributed by atoms with E-state index in [0.717, 1.165) is 25.2 Å². The first-order chi connectivity index (χ1) is 21.6. The van der Waals surface area contributed by atoms with Crippen LogP contribution in [0.2, 0.25) is 15.1 Å². The van der Waals surface area contributed by atoms with Gasteiger partial charge in [0.2, 0.25) is 15.9 Å². The molecule has 0 radical (unpaired) electrons. The van der Waals surface area contributed by atoms with E-state index in [4.69, 9.17) is 49.1 Å². The van der Waals surface area contributed by atoms with Crippen LogP contribution in [-0.2, 0) is 34.5 Å². The van der Waals surface area contributed by atoms with Crippen LogP contribution in [0.15, 0.2) is 52.0 Å². The fraction of sp³-hybridized carbons (Fsp3) is 0.414. The Bertz CT molecular complexity index is 1640. The van der Waals surface area contributed by atoms with Crippen LogP contribution in [0.4, 0.5) is 13.2 Å². The standard InChI is InChI=1S/C27H29Cl3N4O4S.C2HF3O2/c1-32(14-18-4-6-19(7-5-18)15-33-10-2-3-11-33)27(35)24-17-38-25(31-24)16-34(21-8-9-21)39(36,37)26-22(29)12-20(28)13-23(26)30;3-2(4,5)1(6)7/h4-7,12-13,17,21H,2-3,8-11,14-16H2,1H3;(H,6,7). The monoisotopic (exact) mass is 724 g/mol. The smallest absolute Gasteiger partial charge is 0.475 e. The molecular weight excluding hydrogens is 696 g/mol. The lowest BCUT2D eigenvalue weighted by atomic mass is 10.1. The minimum Gasteiger partial charge on any atom is -0.475 e. The van der Waals surface area contributed by atoms with Crippen LogP contribution >= 0.6 is 34.8 Å². The zero-order valence-electron chi connectivity index (χ0n) is 24.4. The number of likely N-dealkylation sites (tertiary alicyclic amines) is 1. The minimum absolute atomic E-state index is 0.0628. The average Bonchev–Trinajstić information content (AvgIpc) is 3.45. The quantitative estimate of drug-likeness (QED) is 0.252. The van der Waals surface area contributed by atoms with Gasteiger partial charge in [-0.05, 0) is 62.0 Å². The number of oxazole rings is 1. The van der Waals surface area contributed by atoms with Crippen molar-refractivity contribution in [3.8, 4) is 0 Å². The molecule has 3 aromatic rings. The summed E-state index contributed by atoms with van der Waals surface area (Å²) in [6.07, 6.45) is 0.0674. The second-order valence-corrected chi connectivity index (χ2v) is 13.9. The molecule has 1 aliphatic carbocycles. The highest BCUT2D eigenvalue weighted by Crippen LogP contribution is 2.39. The van der Waals surface area contributed by atoms with Gasteiger partial charge in [0.25, 0.3) is 5.91 Å². The van der Waals surface area contributed by atoms with E-state index >= 15 is 0 Å². The number of halogens is 6. The number of hydrogen-bond acceptors (Lipinski definition) is 7. The Morgan fingerprint density at radius 3 is 2.09 bits per heavy atom. The highest BCUT2D eigenvalue weighted by Gasteiger charge is 2.41. The van der Waals surface area contributed by atoms with Gasteiger partial charge >= 0.3 is 12.1 Å². The van der Waals surface area contributed by atoms with Crippen molar-refractivity contribution in [1.29, 1.82) is 0 Å². The lowest BCUT2D eigenvalue weighted by Crippen LogP contribution is -2.33. The van der Waals surface area contributed by atoms with Crippen molar-refractivity contribution in [2.45, 2.75) is 62.4 Å². The summed E-state index contributed by atoms with van der Waals surface area (Å²) < 4.78 is 65.5. The van der Waals surface area contributed by atoms with E-state index < -0.39 is 22.2 Å². The number of carbonyl (C=O) groups is 2. The Morgan fingerprint density at radius 2 is 1.57 bits per heavy atom. The number of aliphatic carboxylic acids is 1. The number of nitrogens with zero attached hydrogens (tertiary/aromatic N) is 4. The van der Waals surface area contributed by atoms with Crippen molar-refractivity contribution in [2.75, 3.05) is 20.1 Å². The Labute approximate surface area is 278 Å². The largest absolute Gasteiger partial charge is 0.490 e. The Kier molecular flexibility index (Phi) is 11.7.